The normalized spacial score (nSPS) is 17.1. The molecule has 1 aliphatic rings. The van der Waals surface area contributed by atoms with E-state index in [1.807, 2.05) is 35.9 Å². The monoisotopic (exact) mass is 341 g/mol. The summed E-state index contributed by atoms with van der Waals surface area (Å²) in [5, 5.41) is 4.54. The van der Waals surface area contributed by atoms with Crippen molar-refractivity contribution in [3.05, 3.63) is 47.3 Å². The smallest absolute Gasteiger partial charge is 0.223 e. The zero-order chi connectivity index (χ0) is 17.8. The van der Waals surface area contributed by atoms with Crippen molar-refractivity contribution in [2.24, 2.45) is 0 Å². The summed E-state index contributed by atoms with van der Waals surface area (Å²) in [4.78, 5) is 14.8. The van der Waals surface area contributed by atoms with Crippen molar-refractivity contribution >= 4 is 5.91 Å². The molecule has 25 heavy (non-hydrogen) atoms. The summed E-state index contributed by atoms with van der Waals surface area (Å²) in [5.41, 5.74) is 3.37. The Bertz CT molecular complexity index is 721. The number of carbonyl (C=O) groups excluding carboxylic acids is 1. The summed E-state index contributed by atoms with van der Waals surface area (Å²) < 4.78 is 7.21. The maximum atomic E-state index is 12.7. The van der Waals surface area contributed by atoms with Crippen LogP contribution in [0, 0.1) is 13.8 Å². The van der Waals surface area contributed by atoms with E-state index in [9.17, 15) is 4.79 Å². The second-order valence-corrected chi connectivity index (χ2v) is 6.84. The number of benzene rings is 1. The summed E-state index contributed by atoms with van der Waals surface area (Å²) in [6, 6.07) is 10.3. The van der Waals surface area contributed by atoms with E-state index in [2.05, 4.69) is 23.0 Å². The van der Waals surface area contributed by atoms with Gasteiger partial charge in [0.2, 0.25) is 5.91 Å². The Balaban J connectivity index is 1.57. The zero-order valence-corrected chi connectivity index (χ0v) is 15.4. The minimum Gasteiger partial charge on any atom is -0.497 e. The number of rotatable bonds is 6. The molecule has 1 fully saturated rings. The largest absolute Gasteiger partial charge is 0.497 e. The summed E-state index contributed by atoms with van der Waals surface area (Å²) in [6.45, 7) is 5.75. The Hall–Kier alpha value is -2.30. The van der Waals surface area contributed by atoms with Crippen LogP contribution in [0.3, 0.4) is 0 Å². The Morgan fingerprint density at radius 1 is 1.28 bits per heavy atom. The van der Waals surface area contributed by atoms with E-state index in [-0.39, 0.29) is 11.9 Å². The van der Waals surface area contributed by atoms with Gasteiger partial charge in [-0.2, -0.15) is 5.10 Å². The van der Waals surface area contributed by atoms with Crippen molar-refractivity contribution in [2.45, 2.75) is 52.1 Å². The molecule has 0 radical (unpaired) electrons. The first-order valence-electron chi connectivity index (χ1n) is 9.00. The number of aromatic nitrogens is 2. The minimum atomic E-state index is 0.250. The molecule has 1 atom stereocenters. The van der Waals surface area contributed by atoms with Gasteiger partial charge in [0, 0.05) is 18.7 Å². The Morgan fingerprint density at radius 3 is 2.68 bits per heavy atom. The van der Waals surface area contributed by atoms with Crippen LogP contribution in [0.25, 0.3) is 0 Å². The first kappa shape index (κ1) is 17.5. The molecule has 0 saturated carbocycles. The van der Waals surface area contributed by atoms with Crippen molar-refractivity contribution in [2.75, 3.05) is 13.7 Å². The zero-order valence-electron chi connectivity index (χ0n) is 15.4. The molecule has 0 spiro atoms. The maximum absolute atomic E-state index is 12.7. The predicted molar refractivity (Wildman–Crippen MR) is 97.8 cm³/mol. The predicted octanol–water partition coefficient (Wildman–Crippen LogP) is 3.13. The molecular formula is C20H27N3O2. The minimum absolute atomic E-state index is 0.250. The van der Waals surface area contributed by atoms with E-state index < -0.39 is 0 Å². The molecule has 3 rings (SSSR count). The molecule has 2 aromatic rings. The molecule has 1 saturated heterocycles. The van der Waals surface area contributed by atoms with E-state index in [0.717, 1.165) is 49.5 Å². The highest BCUT2D eigenvalue weighted by Crippen LogP contribution is 2.21. The lowest BCUT2D eigenvalue weighted by molar-refractivity contribution is -0.132. The maximum Gasteiger partial charge on any atom is 0.223 e. The highest BCUT2D eigenvalue weighted by Gasteiger charge is 2.29. The summed E-state index contributed by atoms with van der Waals surface area (Å²) in [5.74, 6) is 1.10. The van der Waals surface area contributed by atoms with Crippen LogP contribution in [0.4, 0.5) is 0 Å². The molecule has 1 aliphatic heterocycles. The van der Waals surface area contributed by atoms with Gasteiger partial charge in [-0.05, 0) is 56.9 Å². The molecule has 0 aliphatic carbocycles. The fourth-order valence-electron chi connectivity index (χ4n) is 3.60. The average molecular weight is 341 g/mol. The van der Waals surface area contributed by atoms with Gasteiger partial charge < -0.3 is 9.64 Å². The Morgan fingerprint density at radius 2 is 2.04 bits per heavy atom. The third-order valence-corrected chi connectivity index (χ3v) is 4.97. The van der Waals surface area contributed by atoms with Gasteiger partial charge in [0.1, 0.15) is 5.75 Å². The second kappa shape index (κ2) is 7.72. The lowest BCUT2D eigenvalue weighted by atomic mass is 10.1. The number of aryl methyl sites for hydroxylation is 3. The molecule has 0 bridgehead atoms. The lowest BCUT2D eigenvalue weighted by Crippen LogP contribution is -2.38. The number of hydrogen-bond donors (Lipinski definition) is 0. The molecular weight excluding hydrogens is 314 g/mol. The van der Waals surface area contributed by atoms with E-state index >= 15 is 0 Å². The van der Waals surface area contributed by atoms with Gasteiger partial charge in [0.05, 0.1) is 25.4 Å². The molecule has 1 amide bonds. The number of methoxy groups -OCH3 is 1. The average Bonchev–Trinajstić information content (AvgIpc) is 3.19. The second-order valence-electron chi connectivity index (χ2n) is 6.84. The first-order chi connectivity index (χ1) is 12.1. The lowest BCUT2D eigenvalue weighted by Gasteiger charge is -2.25. The van der Waals surface area contributed by atoms with E-state index in [1.165, 1.54) is 5.56 Å². The standard InChI is InChI=1S/C20H27N3O2/c1-15-13-16(2)23(21-15)14-18-5-4-12-22(18)20(24)11-8-17-6-9-19(25-3)10-7-17/h6-7,9-10,13,18H,4-5,8,11-12,14H2,1-3H3/t18-/m0/s1. The van der Waals surface area contributed by atoms with E-state index in [1.54, 1.807) is 7.11 Å². The Labute approximate surface area is 149 Å². The number of likely N-dealkylation sites (tertiary alicyclic amines) is 1. The molecule has 5 nitrogen and oxygen atoms in total. The van der Waals surface area contributed by atoms with Crippen molar-refractivity contribution in [1.82, 2.24) is 14.7 Å². The number of hydrogen-bond acceptors (Lipinski definition) is 3. The summed E-state index contributed by atoms with van der Waals surface area (Å²) >= 11 is 0. The van der Waals surface area contributed by atoms with Crippen LogP contribution in [-0.4, -0.2) is 40.3 Å². The fourth-order valence-corrected chi connectivity index (χ4v) is 3.60. The van der Waals surface area contributed by atoms with Gasteiger partial charge in [0.15, 0.2) is 0 Å². The molecule has 134 valence electrons. The van der Waals surface area contributed by atoms with Gasteiger partial charge in [-0.1, -0.05) is 12.1 Å². The molecule has 0 unspecified atom stereocenters. The summed E-state index contributed by atoms with van der Waals surface area (Å²) in [6.07, 6.45) is 3.47. The third kappa shape index (κ3) is 4.21. The van der Waals surface area contributed by atoms with Crippen LogP contribution >= 0.6 is 0 Å². The highest BCUT2D eigenvalue weighted by atomic mass is 16.5. The number of nitrogens with zero attached hydrogens (tertiary/aromatic N) is 3. The van der Waals surface area contributed by atoms with Crippen LogP contribution in [0.2, 0.25) is 0 Å². The van der Waals surface area contributed by atoms with Gasteiger partial charge in [0.25, 0.3) is 0 Å². The van der Waals surface area contributed by atoms with Crippen LogP contribution in [0.5, 0.6) is 5.75 Å². The molecule has 5 heteroatoms. The van der Waals surface area contributed by atoms with Crippen molar-refractivity contribution in [1.29, 1.82) is 0 Å². The summed E-state index contributed by atoms with van der Waals surface area (Å²) in [7, 11) is 1.66. The van der Waals surface area contributed by atoms with Crippen molar-refractivity contribution in [3.63, 3.8) is 0 Å². The topological polar surface area (TPSA) is 47.4 Å². The first-order valence-corrected chi connectivity index (χ1v) is 9.00. The highest BCUT2D eigenvalue weighted by molar-refractivity contribution is 5.77. The van der Waals surface area contributed by atoms with Crippen molar-refractivity contribution in [3.8, 4) is 5.75 Å². The molecule has 0 N–H and O–H groups in total. The van der Waals surface area contributed by atoms with Crippen molar-refractivity contribution < 1.29 is 9.53 Å². The van der Waals surface area contributed by atoms with Crippen LogP contribution in [-0.2, 0) is 17.8 Å². The Kier molecular flexibility index (Phi) is 5.41. The van der Waals surface area contributed by atoms with E-state index in [4.69, 9.17) is 4.74 Å². The number of carbonyl (C=O) groups is 1. The van der Waals surface area contributed by atoms with Crippen LogP contribution in [0.1, 0.15) is 36.2 Å². The quantitative estimate of drug-likeness (QED) is 0.811. The number of amides is 1. The third-order valence-electron chi connectivity index (χ3n) is 4.97. The van der Waals surface area contributed by atoms with Gasteiger partial charge in [-0.3, -0.25) is 9.48 Å². The van der Waals surface area contributed by atoms with Gasteiger partial charge >= 0.3 is 0 Å². The fraction of sp³-hybridized carbons (Fsp3) is 0.500. The number of ether oxygens (including phenoxy) is 1. The molecule has 1 aromatic heterocycles. The molecule has 2 heterocycles. The van der Waals surface area contributed by atoms with Gasteiger partial charge in [-0.15, -0.1) is 0 Å². The van der Waals surface area contributed by atoms with Crippen LogP contribution in [0.15, 0.2) is 30.3 Å². The van der Waals surface area contributed by atoms with Crippen LogP contribution < -0.4 is 4.74 Å². The SMILES string of the molecule is COc1ccc(CCC(=O)N2CCC[C@H]2Cn2nc(C)cc2C)cc1. The van der Waals surface area contributed by atoms with E-state index in [0.29, 0.717) is 6.42 Å². The van der Waals surface area contributed by atoms with Gasteiger partial charge in [-0.25, -0.2) is 0 Å². The molecule has 1 aromatic carbocycles.